The Bertz CT molecular complexity index is 1160. The number of ether oxygens (including phenoxy) is 1. The van der Waals surface area contributed by atoms with Crippen molar-refractivity contribution >= 4 is 45.5 Å². The van der Waals surface area contributed by atoms with Crippen molar-refractivity contribution in [1.82, 2.24) is 5.32 Å². The third-order valence-corrected chi connectivity index (χ3v) is 6.90. The third-order valence-electron chi connectivity index (χ3n) is 5.49. The van der Waals surface area contributed by atoms with Crippen molar-refractivity contribution in [3.05, 3.63) is 81.7 Å². The molecule has 33 heavy (non-hydrogen) atoms. The molecular formula is C25H25N3O3S2. The van der Waals surface area contributed by atoms with Gasteiger partial charge in [-0.25, -0.2) is 0 Å². The number of anilines is 1. The first-order valence-electron chi connectivity index (χ1n) is 10.8. The minimum atomic E-state index is -0.478. The highest BCUT2D eigenvalue weighted by Gasteiger charge is 2.24. The Kier molecular flexibility index (Phi) is 7.36. The van der Waals surface area contributed by atoms with Gasteiger partial charge >= 0.3 is 0 Å². The zero-order valence-electron chi connectivity index (χ0n) is 18.1. The van der Waals surface area contributed by atoms with E-state index in [0.717, 1.165) is 42.5 Å². The van der Waals surface area contributed by atoms with Gasteiger partial charge in [0, 0.05) is 16.9 Å². The molecular weight excluding hydrogens is 454 g/mol. The molecule has 3 aromatic rings. The van der Waals surface area contributed by atoms with E-state index < -0.39 is 5.91 Å². The first-order valence-corrected chi connectivity index (χ1v) is 12.1. The fourth-order valence-corrected chi connectivity index (χ4v) is 5.42. The second-order valence-corrected chi connectivity index (χ2v) is 9.31. The number of thiophene rings is 1. The number of hydrogen-bond acceptors (Lipinski definition) is 5. The molecule has 1 aromatic heterocycles. The van der Waals surface area contributed by atoms with Crippen LogP contribution in [0.5, 0.6) is 5.75 Å². The van der Waals surface area contributed by atoms with Gasteiger partial charge in [0.2, 0.25) is 0 Å². The topological polar surface area (TPSA) is 93.5 Å². The van der Waals surface area contributed by atoms with Gasteiger partial charge in [0.25, 0.3) is 11.8 Å². The number of nitrogens with one attached hydrogen (secondary N) is 2. The molecule has 0 atom stereocenters. The van der Waals surface area contributed by atoms with Gasteiger partial charge in [0.1, 0.15) is 10.8 Å². The molecule has 0 radical (unpaired) electrons. The van der Waals surface area contributed by atoms with E-state index in [1.54, 1.807) is 24.3 Å². The standard InChI is InChI=1S/C25H25N3O3S2/c26-22(29)21-19-8-4-5-9-20(19)33-24(21)28-25(32)27-23(30)17-10-12-18(13-11-17)31-15-14-16-6-2-1-3-7-16/h1-3,6-7,10-13H,4-5,8-9,14-15H2,(H2,26,29)(H2,27,28,30,32). The molecule has 0 aliphatic heterocycles. The molecule has 4 N–H and O–H groups in total. The van der Waals surface area contributed by atoms with Gasteiger partial charge in [0.15, 0.2) is 5.11 Å². The highest BCUT2D eigenvalue weighted by atomic mass is 32.1. The number of amides is 2. The minimum Gasteiger partial charge on any atom is -0.493 e. The monoisotopic (exact) mass is 479 g/mol. The van der Waals surface area contributed by atoms with Crippen LogP contribution in [0.3, 0.4) is 0 Å². The average Bonchev–Trinajstić information content (AvgIpc) is 3.18. The molecule has 8 heteroatoms. The molecule has 6 nitrogen and oxygen atoms in total. The maximum atomic E-state index is 12.6. The Morgan fingerprint density at radius 1 is 1.03 bits per heavy atom. The van der Waals surface area contributed by atoms with E-state index in [-0.39, 0.29) is 11.0 Å². The number of hydrogen-bond donors (Lipinski definition) is 3. The van der Waals surface area contributed by atoms with Crippen LogP contribution in [0.4, 0.5) is 5.00 Å². The summed E-state index contributed by atoms with van der Waals surface area (Å²) in [5.41, 5.74) is 8.78. The quantitative estimate of drug-likeness (QED) is 0.435. The van der Waals surface area contributed by atoms with Crippen LogP contribution in [0.15, 0.2) is 54.6 Å². The van der Waals surface area contributed by atoms with Crippen LogP contribution in [0.2, 0.25) is 0 Å². The van der Waals surface area contributed by atoms with Crippen LogP contribution >= 0.6 is 23.6 Å². The first kappa shape index (κ1) is 22.9. The maximum absolute atomic E-state index is 12.6. The number of rotatable bonds is 7. The van der Waals surface area contributed by atoms with Gasteiger partial charge in [-0.05, 0) is 73.3 Å². The molecule has 4 rings (SSSR count). The zero-order valence-corrected chi connectivity index (χ0v) is 19.7. The molecule has 0 saturated carbocycles. The average molecular weight is 480 g/mol. The fourth-order valence-electron chi connectivity index (χ4n) is 3.86. The molecule has 0 fully saturated rings. The van der Waals surface area contributed by atoms with Crippen molar-refractivity contribution in [3.63, 3.8) is 0 Å². The predicted octanol–water partition coefficient (Wildman–Crippen LogP) is 4.47. The van der Waals surface area contributed by atoms with Gasteiger partial charge in [0.05, 0.1) is 12.2 Å². The van der Waals surface area contributed by atoms with Crippen molar-refractivity contribution in [2.45, 2.75) is 32.1 Å². The number of nitrogens with two attached hydrogens (primary N) is 1. The van der Waals surface area contributed by atoms with E-state index >= 15 is 0 Å². The summed E-state index contributed by atoms with van der Waals surface area (Å²) in [5, 5.41) is 6.40. The third kappa shape index (κ3) is 5.77. The van der Waals surface area contributed by atoms with Crippen molar-refractivity contribution in [2.24, 2.45) is 5.73 Å². The zero-order chi connectivity index (χ0) is 23.2. The molecule has 1 aliphatic carbocycles. The van der Waals surface area contributed by atoms with Crippen molar-refractivity contribution in [3.8, 4) is 5.75 Å². The second kappa shape index (κ2) is 10.6. The van der Waals surface area contributed by atoms with Gasteiger partial charge < -0.3 is 15.8 Å². The summed E-state index contributed by atoms with van der Waals surface area (Å²) in [5.74, 6) is -0.127. The highest BCUT2D eigenvalue weighted by molar-refractivity contribution is 7.80. The smallest absolute Gasteiger partial charge is 0.257 e. The second-order valence-electron chi connectivity index (χ2n) is 7.80. The summed E-state index contributed by atoms with van der Waals surface area (Å²) >= 11 is 6.80. The number of fused-ring (bicyclic) bond motifs is 1. The lowest BCUT2D eigenvalue weighted by molar-refractivity contribution is 0.0975. The number of carbonyl (C=O) groups excluding carboxylic acids is 2. The van der Waals surface area contributed by atoms with Crippen molar-refractivity contribution in [2.75, 3.05) is 11.9 Å². The number of primary amides is 1. The largest absolute Gasteiger partial charge is 0.493 e. The Balaban J connectivity index is 1.32. The van der Waals surface area contributed by atoms with E-state index in [0.29, 0.717) is 28.5 Å². The molecule has 1 aliphatic rings. The summed E-state index contributed by atoms with van der Waals surface area (Å²) in [4.78, 5) is 25.8. The molecule has 0 unspecified atom stereocenters. The summed E-state index contributed by atoms with van der Waals surface area (Å²) in [6.45, 7) is 0.552. The molecule has 0 saturated heterocycles. The SMILES string of the molecule is NC(=O)c1c(NC(=S)NC(=O)c2ccc(OCCc3ccccc3)cc2)sc2c1CCCC2. The Morgan fingerprint density at radius 2 is 1.76 bits per heavy atom. The lowest BCUT2D eigenvalue weighted by Gasteiger charge is -2.12. The van der Waals surface area contributed by atoms with Gasteiger partial charge in [-0.15, -0.1) is 11.3 Å². The van der Waals surface area contributed by atoms with Gasteiger partial charge in [-0.1, -0.05) is 30.3 Å². The highest BCUT2D eigenvalue weighted by Crippen LogP contribution is 2.37. The maximum Gasteiger partial charge on any atom is 0.257 e. The van der Waals surface area contributed by atoms with E-state index in [9.17, 15) is 9.59 Å². The Morgan fingerprint density at radius 3 is 2.48 bits per heavy atom. The number of aryl methyl sites for hydroxylation is 1. The van der Waals surface area contributed by atoms with Crippen LogP contribution in [0.25, 0.3) is 0 Å². The Labute approximate surface area is 202 Å². The van der Waals surface area contributed by atoms with Crippen LogP contribution in [-0.2, 0) is 19.3 Å². The molecule has 170 valence electrons. The van der Waals surface area contributed by atoms with Crippen LogP contribution in [0.1, 0.15) is 49.6 Å². The van der Waals surface area contributed by atoms with Crippen LogP contribution < -0.4 is 21.1 Å². The normalized spacial score (nSPS) is 12.5. The predicted molar refractivity (Wildman–Crippen MR) is 135 cm³/mol. The van der Waals surface area contributed by atoms with Crippen molar-refractivity contribution in [1.29, 1.82) is 0 Å². The molecule has 1 heterocycles. The fraction of sp³-hybridized carbons (Fsp3) is 0.240. The Hall–Kier alpha value is -3.23. The molecule has 0 bridgehead atoms. The van der Waals surface area contributed by atoms with E-state index in [2.05, 4.69) is 22.8 Å². The molecule has 2 amide bonds. The summed E-state index contributed by atoms with van der Waals surface area (Å²) in [7, 11) is 0. The minimum absolute atomic E-state index is 0.129. The van der Waals surface area contributed by atoms with Gasteiger partial charge in [-0.3, -0.25) is 14.9 Å². The lowest BCUT2D eigenvalue weighted by Crippen LogP contribution is -2.34. The molecule has 0 spiro atoms. The van der Waals surface area contributed by atoms with Gasteiger partial charge in [-0.2, -0.15) is 0 Å². The lowest BCUT2D eigenvalue weighted by atomic mass is 9.95. The summed E-state index contributed by atoms with van der Waals surface area (Å²) in [6, 6.07) is 17.0. The summed E-state index contributed by atoms with van der Waals surface area (Å²) < 4.78 is 5.77. The molecule has 2 aromatic carbocycles. The van der Waals surface area contributed by atoms with Crippen LogP contribution in [-0.4, -0.2) is 23.5 Å². The number of thiocarbonyl (C=S) groups is 1. The first-order chi connectivity index (χ1) is 16.0. The van der Waals surface area contributed by atoms with E-state index in [1.165, 1.54) is 16.9 Å². The number of benzene rings is 2. The number of carbonyl (C=O) groups is 2. The van der Waals surface area contributed by atoms with Crippen LogP contribution in [0, 0.1) is 0 Å². The summed E-state index contributed by atoms with van der Waals surface area (Å²) in [6.07, 6.45) is 4.71. The van der Waals surface area contributed by atoms with Crippen molar-refractivity contribution < 1.29 is 14.3 Å². The van der Waals surface area contributed by atoms with E-state index in [1.807, 2.05) is 18.2 Å². The van der Waals surface area contributed by atoms with E-state index in [4.69, 9.17) is 22.7 Å².